The van der Waals surface area contributed by atoms with Gasteiger partial charge in [-0.05, 0) is 12.1 Å². The fourth-order valence-electron chi connectivity index (χ4n) is 0.313. The van der Waals surface area contributed by atoms with Crippen LogP contribution in [0.1, 0.15) is 0 Å². The van der Waals surface area contributed by atoms with Crippen molar-refractivity contribution in [3.8, 4) is 0 Å². The normalized spacial score (nSPS) is 6.86. The molecule has 0 atom stereocenters. The Bertz CT molecular complexity index is 80.0. The Morgan fingerprint density at radius 2 is 1.43 bits per heavy atom. The minimum Gasteiger partial charge on any atom is -0.813 e. The minimum absolute atomic E-state index is 0. The van der Waals surface area contributed by atoms with E-state index in [1.807, 2.05) is 18.2 Å². The number of thiol groups is 1. The van der Waals surface area contributed by atoms with E-state index in [4.69, 9.17) is 0 Å². The van der Waals surface area contributed by atoms with Crippen LogP contribution >= 0.6 is 0 Å². The predicted molar refractivity (Wildman–Crippen MR) is 33.0 cm³/mol. The first-order chi connectivity index (χ1) is 3.00. The Hall–Kier alpha value is -0.500. The third-order valence-corrected chi connectivity index (χ3v) is 0.566. The summed E-state index contributed by atoms with van der Waals surface area (Å²) in [4.78, 5) is 3.78. The average Bonchev–Trinajstić information content (AvgIpc) is 1.72. The molecule has 0 aliphatic heterocycles. The van der Waals surface area contributed by atoms with Gasteiger partial charge in [0.15, 0.2) is 0 Å². The van der Waals surface area contributed by atoms with Gasteiger partial charge in [0.1, 0.15) is 0 Å². The Balaban J connectivity index is 0.000000360. The van der Waals surface area contributed by atoms with Crippen molar-refractivity contribution in [3.05, 3.63) is 30.6 Å². The molecule has 7 heavy (non-hydrogen) atoms. The molecule has 0 aliphatic carbocycles. The molecule has 0 unspecified atom stereocenters. The fraction of sp³-hybridized carbons (Fsp3) is 0. The molecular weight excluding hydrogens is 106 g/mol. The van der Waals surface area contributed by atoms with Gasteiger partial charge in [0.25, 0.3) is 0 Å². The van der Waals surface area contributed by atoms with Crippen LogP contribution in [0.25, 0.3) is 0 Å². The van der Waals surface area contributed by atoms with Gasteiger partial charge < -0.3 is 13.5 Å². The van der Waals surface area contributed by atoms with Gasteiger partial charge in [-0.3, -0.25) is 4.98 Å². The number of aromatic nitrogens is 1. The third kappa shape index (κ3) is 2.23. The van der Waals surface area contributed by atoms with Crippen LogP contribution in [0.2, 0.25) is 0 Å². The molecule has 1 aromatic heterocycles. The first-order valence-corrected chi connectivity index (χ1v) is 1.85. The summed E-state index contributed by atoms with van der Waals surface area (Å²) >= 11 is 0. The molecule has 1 heterocycles. The third-order valence-electron chi connectivity index (χ3n) is 0.566. The molecule has 38 valence electrons. The van der Waals surface area contributed by atoms with E-state index in [2.05, 4.69) is 4.98 Å². The van der Waals surface area contributed by atoms with Crippen LogP contribution in [0.4, 0.5) is 0 Å². The molecule has 0 saturated carbocycles. The van der Waals surface area contributed by atoms with Gasteiger partial charge in [0, 0.05) is 12.4 Å². The Kier molecular flexibility index (Phi) is 3.42. The minimum atomic E-state index is 0. The quantitative estimate of drug-likeness (QED) is 0.364. The number of pyridine rings is 1. The zero-order valence-electron chi connectivity index (χ0n) is 3.78. The molecular formula is C5H6NS-. The van der Waals surface area contributed by atoms with E-state index < -0.39 is 0 Å². The first kappa shape index (κ1) is 6.50. The van der Waals surface area contributed by atoms with Gasteiger partial charge in [-0.1, -0.05) is 6.07 Å². The van der Waals surface area contributed by atoms with Crippen LogP contribution in [-0.4, -0.2) is 4.98 Å². The zero-order chi connectivity index (χ0) is 4.24. The van der Waals surface area contributed by atoms with Crippen molar-refractivity contribution in [1.82, 2.24) is 4.98 Å². The van der Waals surface area contributed by atoms with E-state index in [-0.39, 0.29) is 13.5 Å². The zero-order valence-corrected chi connectivity index (χ0v) is 4.68. The summed E-state index contributed by atoms with van der Waals surface area (Å²) in [7, 11) is 0. The smallest absolute Gasteiger partial charge is 0.0267 e. The lowest BCUT2D eigenvalue weighted by atomic mass is 10.5. The van der Waals surface area contributed by atoms with Crippen molar-refractivity contribution >= 4 is 13.5 Å². The number of rotatable bonds is 0. The summed E-state index contributed by atoms with van der Waals surface area (Å²) in [6.45, 7) is 0. The van der Waals surface area contributed by atoms with E-state index in [9.17, 15) is 0 Å². The van der Waals surface area contributed by atoms with Crippen molar-refractivity contribution in [2.75, 3.05) is 0 Å². The second kappa shape index (κ2) is 3.68. The fourth-order valence-corrected chi connectivity index (χ4v) is 0.313. The van der Waals surface area contributed by atoms with Crippen molar-refractivity contribution in [1.29, 1.82) is 0 Å². The van der Waals surface area contributed by atoms with E-state index in [1.165, 1.54) is 0 Å². The van der Waals surface area contributed by atoms with Gasteiger partial charge >= 0.3 is 0 Å². The molecule has 0 bridgehead atoms. The predicted octanol–water partition coefficient (Wildman–Crippen LogP) is 0.811. The summed E-state index contributed by atoms with van der Waals surface area (Å²) < 4.78 is 0. The van der Waals surface area contributed by atoms with Gasteiger partial charge in [0.05, 0.1) is 0 Å². The second-order valence-corrected chi connectivity index (χ2v) is 1.02. The van der Waals surface area contributed by atoms with Gasteiger partial charge in [0.2, 0.25) is 0 Å². The lowest BCUT2D eigenvalue weighted by Crippen LogP contribution is -1.58. The highest BCUT2D eigenvalue weighted by Crippen LogP contribution is 1.73. The monoisotopic (exact) mass is 112 g/mol. The standard InChI is InChI=1S/C5H5N.H2S/c1-2-4-6-5-3-1;/h1-5H;1H2/p-1. The summed E-state index contributed by atoms with van der Waals surface area (Å²) in [5, 5.41) is 0. The highest BCUT2D eigenvalue weighted by Gasteiger charge is 1.58. The average molecular weight is 112 g/mol. The molecule has 2 heteroatoms. The van der Waals surface area contributed by atoms with Crippen molar-refractivity contribution < 1.29 is 0 Å². The van der Waals surface area contributed by atoms with Crippen LogP contribution in [0.15, 0.2) is 30.6 Å². The number of nitrogens with zero attached hydrogens (tertiary/aromatic N) is 1. The van der Waals surface area contributed by atoms with Crippen LogP contribution in [0.5, 0.6) is 0 Å². The van der Waals surface area contributed by atoms with Gasteiger partial charge in [-0.2, -0.15) is 0 Å². The molecule has 0 aliphatic rings. The van der Waals surface area contributed by atoms with Crippen LogP contribution in [-0.2, 0) is 13.5 Å². The molecule has 0 saturated heterocycles. The maximum absolute atomic E-state index is 3.78. The summed E-state index contributed by atoms with van der Waals surface area (Å²) in [5.41, 5.74) is 0. The molecule has 0 aromatic carbocycles. The molecule has 0 amide bonds. The van der Waals surface area contributed by atoms with E-state index in [0.717, 1.165) is 0 Å². The van der Waals surface area contributed by atoms with Crippen molar-refractivity contribution in [2.24, 2.45) is 0 Å². The van der Waals surface area contributed by atoms with Crippen molar-refractivity contribution in [3.63, 3.8) is 0 Å². The largest absolute Gasteiger partial charge is 0.813 e. The summed E-state index contributed by atoms with van der Waals surface area (Å²) in [5.74, 6) is 0. The number of hydrogen-bond acceptors (Lipinski definition) is 2. The van der Waals surface area contributed by atoms with Gasteiger partial charge in [-0.15, -0.1) is 0 Å². The van der Waals surface area contributed by atoms with Gasteiger partial charge in [-0.25, -0.2) is 0 Å². The molecule has 0 spiro atoms. The Morgan fingerprint density at radius 1 is 0.857 bits per heavy atom. The maximum atomic E-state index is 3.78. The van der Waals surface area contributed by atoms with Crippen LogP contribution < -0.4 is 0 Å². The Morgan fingerprint density at radius 3 is 1.57 bits per heavy atom. The lowest BCUT2D eigenvalue weighted by molar-refractivity contribution is 1.33. The topological polar surface area (TPSA) is 12.9 Å². The molecule has 1 aromatic rings. The maximum Gasteiger partial charge on any atom is 0.0267 e. The Labute approximate surface area is 49.8 Å². The van der Waals surface area contributed by atoms with Crippen LogP contribution in [0.3, 0.4) is 0 Å². The lowest BCUT2D eigenvalue weighted by Gasteiger charge is -1.70. The van der Waals surface area contributed by atoms with Crippen molar-refractivity contribution in [2.45, 2.75) is 0 Å². The van der Waals surface area contributed by atoms with E-state index >= 15 is 0 Å². The van der Waals surface area contributed by atoms with E-state index in [0.29, 0.717) is 0 Å². The SMILES string of the molecule is [SH-].c1ccncc1. The van der Waals surface area contributed by atoms with E-state index in [1.54, 1.807) is 12.4 Å². The molecule has 0 N–H and O–H groups in total. The first-order valence-electron chi connectivity index (χ1n) is 1.85. The molecule has 0 fully saturated rings. The summed E-state index contributed by atoms with van der Waals surface area (Å²) in [6, 6.07) is 5.72. The number of hydrogen-bond donors (Lipinski definition) is 0. The summed E-state index contributed by atoms with van der Waals surface area (Å²) in [6.07, 6.45) is 3.50. The van der Waals surface area contributed by atoms with Crippen LogP contribution in [0, 0.1) is 0 Å². The highest BCUT2D eigenvalue weighted by molar-refractivity contribution is 7.37. The molecule has 0 radical (unpaired) electrons. The molecule has 1 nitrogen and oxygen atoms in total. The second-order valence-electron chi connectivity index (χ2n) is 1.02. The highest BCUT2D eigenvalue weighted by atomic mass is 32.1. The molecule has 1 rings (SSSR count).